The fourth-order valence-corrected chi connectivity index (χ4v) is 6.43. The highest BCUT2D eigenvalue weighted by molar-refractivity contribution is 5.64. The number of hydrogen-bond donors (Lipinski definition) is 2. The first-order chi connectivity index (χ1) is 19.4. The Morgan fingerprint density at radius 1 is 0.854 bits per heavy atom. The molecule has 0 unspecified atom stereocenters. The van der Waals surface area contributed by atoms with Crippen LogP contribution in [-0.4, -0.2) is 30.0 Å². The lowest BCUT2D eigenvalue weighted by molar-refractivity contribution is 0.0511. The average Bonchev–Trinajstić information content (AvgIpc) is 2.90. The van der Waals surface area contributed by atoms with Crippen molar-refractivity contribution < 1.29 is 19.4 Å². The highest BCUT2D eigenvalue weighted by Crippen LogP contribution is 2.45. The van der Waals surface area contributed by atoms with E-state index in [0.29, 0.717) is 13.2 Å². The summed E-state index contributed by atoms with van der Waals surface area (Å²) in [5.41, 5.74) is 4.91. The van der Waals surface area contributed by atoms with Crippen LogP contribution in [0.1, 0.15) is 147 Å². The molecule has 1 aromatic carbocycles. The molecular formula is C36H63NO4. The van der Waals surface area contributed by atoms with E-state index in [2.05, 4.69) is 60.7 Å². The number of benzene rings is 1. The molecule has 1 aliphatic heterocycles. The molecule has 0 fully saturated rings. The van der Waals surface area contributed by atoms with E-state index < -0.39 is 6.09 Å². The van der Waals surface area contributed by atoms with Crippen LogP contribution in [0.2, 0.25) is 0 Å². The molecule has 2 N–H and O–H groups in total. The second-order valence-corrected chi connectivity index (χ2v) is 13.9. The fourth-order valence-electron chi connectivity index (χ4n) is 6.43. The summed E-state index contributed by atoms with van der Waals surface area (Å²) in [5.74, 6) is 4.64. The fraction of sp³-hybridized carbons (Fsp3) is 0.806. The standard InChI is InChI=1S/C36H63NO4/c1-26(2)16-13-17-27(3)18-14-19-28(4)20-15-22-36(8)23-21-32-31(7)33(29(5)30(6)34(32)41-36)40-25-12-10-9-11-24-37-35(38)39/h26-28,37H,9-25H2,1-8H3,(H,38,39)/t27-,28-,36-/m1/s1. The second kappa shape index (κ2) is 17.9. The van der Waals surface area contributed by atoms with Crippen LogP contribution in [0.15, 0.2) is 0 Å². The number of unbranched alkanes of at least 4 members (excludes halogenated alkanes) is 3. The van der Waals surface area contributed by atoms with E-state index in [1.54, 1.807) is 0 Å². The lowest BCUT2D eigenvalue weighted by Crippen LogP contribution is -2.37. The van der Waals surface area contributed by atoms with E-state index in [-0.39, 0.29) is 5.60 Å². The van der Waals surface area contributed by atoms with Crippen molar-refractivity contribution in [1.82, 2.24) is 5.32 Å². The average molecular weight is 574 g/mol. The van der Waals surface area contributed by atoms with Crippen LogP contribution in [0.5, 0.6) is 11.5 Å². The smallest absolute Gasteiger partial charge is 0.404 e. The van der Waals surface area contributed by atoms with Gasteiger partial charge < -0.3 is 19.9 Å². The van der Waals surface area contributed by atoms with Gasteiger partial charge in [0.2, 0.25) is 0 Å². The van der Waals surface area contributed by atoms with Crippen LogP contribution in [0.4, 0.5) is 4.79 Å². The minimum absolute atomic E-state index is 0.0842. The minimum atomic E-state index is -0.945. The molecule has 41 heavy (non-hydrogen) atoms. The van der Waals surface area contributed by atoms with Gasteiger partial charge in [0.25, 0.3) is 0 Å². The van der Waals surface area contributed by atoms with Crippen molar-refractivity contribution in [3.8, 4) is 11.5 Å². The number of ether oxygens (including phenoxy) is 2. The van der Waals surface area contributed by atoms with E-state index in [1.165, 1.54) is 73.6 Å². The summed E-state index contributed by atoms with van der Waals surface area (Å²) in [6.07, 6.45) is 17.0. The molecule has 0 radical (unpaired) electrons. The number of amides is 1. The van der Waals surface area contributed by atoms with Gasteiger partial charge in [-0.3, -0.25) is 0 Å². The molecule has 236 valence electrons. The molecule has 1 aromatic rings. The van der Waals surface area contributed by atoms with E-state index in [9.17, 15) is 4.79 Å². The first-order valence-corrected chi connectivity index (χ1v) is 16.8. The van der Waals surface area contributed by atoms with Crippen molar-refractivity contribution in [3.05, 3.63) is 22.3 Å². The first-order valence-electron chi connectivity index (χ1n) is 16.8. The van der Waals surface area contributed by atoms with Crippen molar-refractivity contribution in [2.24, 2.45) is 17.8 Å². The van der Waals surface area contributed by atoms with Gasteiger partial charge in [-0.1, -0.05) is 85.5 Å². The quantitative estimate of drug-likeness (QED) is 0.152. The van der Waals surface area contributed by atoms with Gasteiger partial charge in [-0.15, -0.1) is 0 Å². The van der Waals surface area contributed by atoms with E-state index in [4.69, 9.17) is 14.6 Å². The minimum Gasteiger partial charge on any atom is -0.493 e. The van der Waals surface area contributed by atoms with Crippen LogP contribution < -0.4 is 14.8 Å². The van der Waals surface area contributed by atoms with Gasteiger partial charge in [0.1, 0.15) is 17.1 Å². The highest BCUT2D eigenvalue weighted by atomic mass is 16.5. The topological polar surface area (TPSA) is 67.8 Å². The van der Waals surface area contributed by atoms with Crippen LogP contribution in [-0.2, 0) is 6.42 Å². The zero-order valence-electron chi connectivity index (χ0n) is 27.9. The van der Waals surface area contributed by atoms with Crippen LogP contribution in [0, 0.1) is 38.5 Å². The largest absolute Gasteiger partial charge is 0.493 e. The summed E-state index contributed by atoms with van der Waals surface area (Å²) < 4.78 is 13.1. The van der Waals surface area contributed by atoms with Gasteiger partial charge in [0.05, 0.1) is 6.61 Å². The molecule has 0 bridgehead atoms. The third-order valence-corrected chi connectivity index (χ3v) is 9.43. The normalized spacial score (nSPS) is 18.1. The SMILES string of the molecule is Cc1c(C)c2c(c(C)c1OCCCCCCNC(=O)O)CC[C@@](C)(CCC[C@H](C)CCC[C@H](C)CCCC(C)C)O2. The molecule has 1 amide bonds. The Hall–Kier alpha value is -1.91. The molecule has 0 aromatic heterocycles. The van der Waals surface area contributed by atoms with E-state index in [0.717, 1.165) is 74.2 Å². The summed E-state index contributed by atoms with van der Waals surface area (Å²) in [5, 5.41) is 11.1. The predicted molar refractivity (Wildman–Crippen MR) is 173 cm³/mol. The highest BCUT2D eigenvalue weighted by Gasteiger charge is 2.34. The molecule has 0 saturated carbocycles. The van der Waals surface area contributed by atoms with Crippen molar-refractivity contribution in [1.29, 1.82) is 0 Å². The number of rotatable bonds is 20. The molecule has 2 rings (SSSR count). The van der Waals surface area contributed by atoms with Gasteiger partial charge in [0.15, 0.2) is 0 Å². The van der Waals surface area contributed by atoms with Crippen molar-refractivity contribution >= 4 is 6.09 Å². The maximum absolute atomic E-state index is 10.5. The van der Waals surface area contributed by atoms with Crippen LogP contribution >= 0.6 is 0 Å². The number of carboxylic acid groups (broad SMARTS) is 1. The zero-order chi connectivity index (χ0) is 30.4. The Labute approximate surface area is 252 Å². The third kappa shape index (κ3) is 12.5. The lowest BCUT2D eigenvalue weighted by Gasteiger charge is -2.38. The maximum Gasteiger partial charge on any atom is 0.404 e. The summed E-state index contributed by atoms with van der Waals surface area (Å²) in [7, 11) is 0. The van der Waals surface area contributed by atoms with Gasteiger partial charge in [-0.25, -0.2) is 4.79 Å². The number of nitrogens with one attached hydrogen (secondary N) is 1. The summed E-state index contributed by atoms with van der Waals surface area (Å²) in [6, 6.07) is 0. The molecule has 0 spiro atoms. The Balaban J connectivity index is 1.77. The van der Waals surface area contributed by atoms with Crippen molar-refractivity contribution in [3.63, 3.8) is 0 Å². The summed E-state index contributed by atoms with van der Waals surface area (Å²) in [6.45, 7) is 19.6. The Morgan fingerprint density at radius 3 is 2.10 bits per heavy atom. The monoisotopic (exact) mass is 573 g/mol. The van der Waals surface area contributed by atoms with Gasteiger partial charge in [0, 0.05) is 12.1 Å². The Bertz CT molecular complexity index is 927. The summed E-state index contributed by atoms with van der Waals surface area (Å²) >= 11 is 0. The Kier molecular flexibility index (Phi) is 15.4. The number of carbonyl (C=O) groups is 1. The molecule has 1 heterocycles. The number of hydrogen-bond acceptors (Lipinski definition) is 3. The number of fused-ring (bicyclic) bond motifs is 1. The van der Waals surface area contributed by atoms with E-state index >= 15 is 0 Å². The summed E-state index contributed by atoms with van der Waals surface area (Å²) in [4.78, 5) is 10.5. The predicted octanol–water partition coefficient (Wildman–Crippen LogP) is 10.3. The van der Waals surface area contributed by atoms with Gasteiger partial charge in [-0.2, -0.15) is 0 Å². The maximum atomic E-state index is 10.5. The molecule has 0 aliphatic carbocycles. The third-order valence-electron chi connectivity index (χ3n) is 9.43. The molecule has 5 heteroatoms. The molecule has 3 atom stereocenters. The molecule has 0 saturated heterocycles. The molecule has 5 nitrogen and oxygen atoms in total. The van der Waals surface area contributed by atoms with Crippen LogP contribution in [0.3, 0.4) is 0 Å². The molecule has 1 aliphatic rings. The first kappa shape index (κ1) is 35.3. The van der Waals surface area contributed by atoms with Gasteiger partial charge >= 0.3 is 6.09 Å². The molecular weight excluding hydrogens is 510 g/mol. The van der Waals surface area contributed by atoms with Gasteiger partial charge in [-0.05, 0) is 101 Å². The Morgan fingerprint density at radius 2 is 1.46 bits per heavy atom. The van der Waals surface area contributed by atoms with Crippen LogP contribution in [0.25, 0.3) is 0 Å². The van der Waals surface area contributed by atoms with Crippen molar-refractivity contribution in [2.45, 2.75) is 157 Å². The zero-order valence-corrected chi connectivity index (χ0v) is 27.9. The second-order valence-electron chi connectivity index (χ2n) is 13.9. The van der Waals surface area contributed by atoms with E-state index in [1.807, 2.05) is 0 Å². The lowest BCUT2D eigenvalue weighted by atomic mass is 9.83. The van der Waals surface area contributed by atoms with Crippen molar-refractivity contribution in [2.75, 3.05) is 13.2 Å².